The average molecular weight is 263 g/mol. The number of hydrogen-bond donors (Lipinski definition) is 2. The topological polar surface area (TPSA) is 84.1 Å². The van der Waals surface area contributed by atoms with Crippen LogP contribution >= 0.6 is 0 Å². The summed E-state index contributed by atoms with van der Waals surface area (Å²) in [5.74, 6) is 2.08. The molecule has 1 saturated heterocycles. The predicted octanol–water partition coefficient (Wildman–Crippen LogP) is 1.00. The molecule has 104 valence electrons. The molecule has 6 nitrogen and oxygen atoms in total. The third kappa shape index (κ3) is 3.81. The summed E-state index contributed by atoms with van der Waals surface area (Å²) in [6, 6.07) is 1.95. The van der Waals surface area contributed by atoms with Crippen LogP contribution in [-0.4, -0.2) is 36.0 Å². The van der Waals surface area contributed by atoms with E-state index in [9.17, 15) is 4.79 Å². The fraction of sp³-hybridized carbons (Fsp3) is 0.615. The zero-order chi connectivity index (χ0) is 13.7. The second kappa shape index (κ2) is 6.36. The molecule has 1 atom stereocenters. The molecule has 1 amide bonds. The van der Waals surface area contributed by atoms with Gasteiger partial charge >= 0.3 is 0 Å². The molecule has 2 heterocycles. The SMILES string of the molecule is CNc1cc(N2CCCC(CCC(N)=O)C2)ncn1. The minimum atomic E-state index is -0.211. The van der Waals surface area contributed by atoms with Crippen LogP contribution in [0.25, 0.3) is 0 Å². The highest BCUT2D eigenvalue weighted by Gasteiger charge is 2.21. The van der Waals surface area contributed by atoms with Gasteiger partial charge in [-0.15, -0.1) is 0 Å². The van der Waals surface area contributed by atoms with Crippen LogP contribution in [0.2, 0.25) is 0 Å². The van der Waals surface area contributed by atoms with E-state index in [0.29, 0.717) is 12.3 Å². The van der Waals surface area contributed by atoms with Crippen LogP contribution in [0.5, 0.6) is 0 Å². The molecule has 0 aromatic carbocycles. The van der Waals surface area contributed by atoms with Crippen molar-refractivity contribution in [3.63, 3.8) is 0 Å². The lowest BCUT2D eigenvalue weighted by molar-refractivity contribution is -0.118. The zero-order valence-electron chi connectivity index (χ0n) is 11.3. The van der Waals surface area contributed by atoms with Gasteiger partial charge in [0.05, 0.1) is 0 Å². The summed E-state index contributed by atoms with van der Waals surface area (Å²) >= 11 is 0. The van der Waals surface area contributed by atoms with E-state index in [4.69, 9.17) is 5.73 Å². The van der Waals surface area contributed by atoms with Gasteiger partial charge in [0.25, 0.3) is 0 Å². The van der Waals surface area contributed by atoms with E-state index in [0.717, 1.165) is 44.0 Å². The minimum Gasteiger partial charge on any atom is -0.373 e. The van der Waals surface area contributed by atoms with Gasteiger partial charge in [-0.05, 0) is 25.2 Å². The first-order valence-corrected chi connectivity index (χ1v) is 6.72. The number of nitrogens with zero attached hydrogens (tertiary/aromatic N) is 3. The normalized spacial score (nSPS) is 19.2. The number of anilines is 2. The molecule has 2 rings (SSSR count). The highest BCUT2D eigenvalue weighted by atomic mass is 16.1. The van der Waals surface area contributed by atoms with Crippen molar-refractivity contribution in [2.24, 2.45) is 11.7 Å². The average Bonchev–Trinajstić information content (AvgIpc) is 2.45. The van der Waals surface area contributed by atoms with Gasteiger partial charge in [-0.3, -0.25) is 4.79 Å². The molecule has 1 aromatic rings. The molecule has 0 bridgehead atoms. The lowest BCUT2D eigenvalue weighted by Crippen LogP contribution is -2.36. The Hall–Kier alpha value is -1.85. The maximum absolute atomic E-state index is 10.9. The van der Waals surface area contributed by atoms with E-state index >= 15 is 0 Å². The molecule has 1 aliphatic rings. The Morgan fingerprint density at radius 1 is 1.58 bits per heavy atom. The molecule has 0 saturated carbocycles. The molecule has 1 fully saturated rings. The molecule has 6 heteroatoms. The van der Waals surface area contributed by atoms with E-state index < -0.39 is 0 Å². The van der Waals surface area contributed by atoms with Crippen molar-refractivity contribution in [3.05, 3.63) is 12.4 Å². The molecule has 1 aliphatic heterocycles. The van der Waals surface area contributed by atoms with Gasteiger partial charge in [-0.2, -0.15) is 0 Å². The number of piperidine rings is 1. The zero-order valence-corrected chi connectivity index (χ0v) is 11.3. The number of rotatable bonds is 5. The fourth-order valence-corrected chi connectivity index (χ4v) is 2.51. The number of carbonyl (C=O) groups is 1. The lowest BCUT2D eigenvalue weighted by atomic mass is 9.93. The number of amides is 1. The van der Waals surface area contributed by atoms with Gasteiger partial charge in [-0.25, -0.2) is 9.97 Å². The third-order valence-corrected chi connectivity index (χ3v) is 3.55. The first-order valence-electron chi connectivity index (χ1n) is 6.72. The highest BCUT2D eigenvalue weighted by molar-refractivity contribution is 5.73. The van der Waals surface area contributed by atoms with Gasteiger partial charge in [0, 0.05) is 32.6 Å². The lowest BCUT2D eigenvalue weighted by Gasteiger charge is -2.33. The minimum absolute atomic E-state index is 0.211. The van der Waals surface area contributed by atoms with Crippen molar-refractivity contribution in [2.75, 3.05) is 30.4 Å². The highest BCUT2D eigenvalue weighted by Crippen LogP contribution is 2.25. The summed E-state index contributed by atoms with van der Waals surface area (Å²) in [7, 11) is 1.85. The summed E-state index contributed by atoms with van der Waals surface area (Å²) in [4.78, 5) is 21.6. The Balaban J connectivity index is 1.97. The monoisotopic (exact) mass is 263 g/mol. The number of carbonyl (C=O) groups excluding carboxylic acids is 1. The Bertz CT molecular complexity index is 437. The smallest absolute Gasteiger partial charge is 0.217 e. The molecule has 0 radical (unpaired) electrons. The molecule has 3 N–H and O–H groups in total. The van der Waals surface area contributed by atoms with Gasteiger partial charge in [0.1, 0.15) is 18.0 Å². The van der Waals surface area contributed by atoms with E-state index in [1.54, 1.807) is 6.33 Å². The van der Waals surface area contributed by atoms with E-state index in [2.05, 4.69) is 20.2 Å². The van der Waals surface area contributed by atoms with Crippen molar-refractivity contribution >= 4 is 17.5 Å². The van der Waals surface area contributed by atoms with Crippen molar-refractivity contribution in [1.29, 1.82) is 0 Å². The Morgan fingerprint density at radius 2 is 2.42 bits per heavy atom. The van der Waals surface area contributed by atoms with Gasteiger partial charge in [0.2, 0.25) is 5.91 Å². The summed E-state index contributed by atoms with van der Waals surface area (Å²) in [5.41, 5.74) is 5.21. The van der Waals surface area contributed by atoms with Crippen LogP contribution in [0.1, 0.15) is 25.7 Å². The van der Waals surface area contributed by atoms with Crippen molar-refractivity contribution in [2.45, 2.75) is 25.7 Å². The predicted molar refractivity (Wildman–Crippen MR) is 74.9 cm³/mol. The first kappa shape index (κ1) is 13.6. The summed E-state index contributed by atoms with van der Waals surface area (Å²) in [6.45, 7) is 1.95. The fourth-order valence-electron chi connectivity index (χ4n) is 2.51. The molecular weight excluding hydrogens is 242 g/mol. The number of nitrogens with two attached hydrogens (primary N) is 1. The summed E-state index contributed by atoms with van der Waals surface area (Å²) in [5, 5.41) is 3.02. The van der Waals surface area contributed by atoms with Crippen LogP contribution < -0.4 is 16.0 Å². The van der Waals surface area contributed by atoms with Gasteiger partial charge in [0.15, 0.2) is 0 Å². The molecule has 1 unspecified atom stereocenters. The van der Waals surface area contributed by atoms with Crippen molar-refractivity contribution < 1.29 is 4.79 Å². The Kier molecular flexibility index (Phi) is 4.54. The largest absolute Gasteiger partial charge is 0.373 e. The van der Waals surface area contributed by atoms with Crippen molar-refractivity contribution in [3.8, 4) is 0 Å². The maximum atomic E-state index is 10.9. The maximum Gasteiger partial charge on any atom is 0.217 e. The van der Waals surface area contributed by atoms with Crippen molar-refractivity contribution in [1.82, 2.24) is 9.97 Å². The van der Waals surface area contributed by atoms with E-state index in [1.165, 1.54) is 0 Å². The standard InChI is InChI=1S/C13H21N5O/c1-15-12-7-13(17-9-16-12)18-6-2-3-10(8-18)4-5-11(14)19/h7,9-10H,2-6,8H2,1H3,(H2,14,19)(H,15,16,17). The van der Waals surface area contributed by atoms with Crippen LogP contribution in [0, 0.1) is 5.92 Å². The van der Waals surface area contributed by atoms with Crippen LogP contribution in [0.4, 0.5) is 11.6 Å². The van der Waals surface area contributed by atoms with Crippen LogP contribution in [-0.2, 0) is 4.79 Å². The first-order chi connectivity index (χ1) is 9.19. The van der Waals surface area contributed by atoms with Gasteiger partial charge in [-0.1, -0.05) is 0 Å². The molecule has 19 heavy (non-hydrogen) atoms. The van der Waals surface area contributed by atoms with Crippen LogP contribution in [0.3, 0.4) is 0 Å². The Labute approximate surface area is 113 Å². The second-order valence-corrected chi connectivity index (χ2v) is 4.97. The summed E-state index contributed by atoms with van der Waals surface area (Å²) < 4.78 is 0. The number of primary amides is 1. The Morgan fingerprint density at radius 3 is 3.16 bits per heavy atom. The molecule has 1 aromatic heterocycles. The summed E-state index contributed by atoms with van der Waals surface area (Å²) in [6.07, 6.45) is 5.21. The van der Waals surface area contributed by atoms with Crippen LogP contribution in [0.15, 0.2) is 12.4 Å². The molecule has 0 aliphatic carbocycles. The number of nitrogens with one attached hydrogen (secondary N) is 1. The third-order valence-electron chi connectivity index (χ3n) is 3.55. The molecular formula is C13H21N5O. The van der Waals surface area contributed by atoms with E-state index in [-0.39, 0.29) is 5.91 Å². The van der Waals surface area contributed by atoms with E-state index in [1.807, 2.05) is 13.1 Å². The second-order valence-electron chi connectivity index (χ2n) is 4.97. The van der Waals surface area contributed by atoms with Gasteiger partial charge < -0.3 is 16.0 Å². The quantitative estimate of drug-likeness (QED) is 0.828. The number of aromatic nitrogens is 2. The molecule has 0 spiro atoms. The number of hydrogen-bond acceptors (Lipinski definition) is 5.